The van der Waals surface area contributed by atoms with E-state index in [4.69, 9.17) is 0 Å². The second-order valence-corrected chi connectivity index (χ2v) is 9.33. The zero-order chi connectivity index (χ0) is 21.9. The summed E-state index contributed by atoms with van der Waals surface area (Å²) in [7, 11) is -4.13. The highest BCUT2D eigenvalue weighted by Gasteiger charge is 2.39. The summed E-state index contributed by atoms with van der Waals surface area (Å²) < 4.78 is 41.9. The number of nitrogens with zero attached hydrogens (tertiary/aromatic N) is 2. The number of aryl methyl sites for hydroxylation is 1. The summed E-state index contributed by atoms with van der Waals surface area (Å²) in [6, 6.07) is 11.5. The van der Waals surface area contributed by atoms with Crippen molar-refractivity contribution >= 4 is 44.5 Å². The number of benzene rings is 2. The third-order valence-corrected chi connectivity index (χ3v) is 7.01. The molecule has 2 aromatic rings. The molecule has 0 aromatic heterocycles. The van der Waals surface area contributed by atoms with Gasteiger partial charge in [-0.2, -0.15) is 8.42 Å². The Balaban J connectivity index is 1.77. The second kappa shape index (κ2) is 8.97. The van der Waals surface area contributed by atoms with Crippen molar-refractivity contribution in [1.82, 2.24) is 4.90 Å². The van der Waals surface area contributed by atoms with Gasteiger partial charge in [-0.1, -0.05) is 30.0 Å². The van der Waals surface area contributed by atoms with Gasteiger partial charge >= 0.3 is 0 Å². The standard InChI is InChI=1S/C20H20FN3O4S2/c1-3-24-19(26)17(12-18(25)22-16-7-5-4-6-13(16)2)29-20(24)23-30(27,28)15-10-8-14(21)9-11-15/h4-11,17H,3,12H2,1-2H3,(H,22,25). The third kappa shape index (κ3) is 4.88. The molecule has 10 heteroatoms. The van der Waals surface area contributed by atoms with E-state index in [-0.39, 0.29) is 34.8 Å². The fraction of sp³-hybridized carbons (Fsp3) is 0.250. The van der Waals surface area contributed by atoms with Crippen molar-refractivity contribution in [2.45, 2.75) is 30.4 Å². The van der Waals surface area contributed by atoms with E-state index in [9.17, 15) is 22.4 Å². The Hall–Kier alpha value is -2.72. The molecule has 2 amide bonds. The number of para-hydroxylation sites is 1. The van der Waals surface area contributed by atoms with Gasteiger partial charge in [0.05, 0.1) is 4.90 Å². The van der Waals surface area contributed by atoms with Crippen LogP contribution in [0, 0.1) is 12.7 Å². The van der Waals surface area contributed by atoms with Crippen LogP contribution in [0.5, 0.6) is 0 Å². The van der Waals surface area contributed by atoms with E-state index in [0.717, 1.165) is 41.6 Å². The van der Waals surface area contributed by atoms with Crippen molar-refractivity contribution in [2.75, 3.05) is 11.9 Å². The molecule has 7 nitrogen and oxygen atoms in total. The Morgan fingerprint density at radius 2 is 1.87 bits per heavy atom. The monoisotopic (exact) mass is 449 g/mol. The molecule has 1 aliphatic heterocycles. The van der Waals surface area contributed by atoms with Crippen molar-refractivity contribution < 1.29 is 22.4 Å². The minimum Gasteiger partial charge on any atom is -0.326 e. The maximum Gasteiger partial charge on any atom is 0.284 e. The molecule has 1 heterocycles. The summed E-state index contributed by atoms with van der Waals surface area (Å²) in [5, 5.41) is 1.99. The van der Waals surface area contributed by atoms with E-state index < -0.39 is 21.1 Å². The number of amidine groups is 1. The van der Waals surface area contributed by atoms with Gasteiger partial charge in [0, 0.05) is 18.7 Å². The lowest BCUT2D eigenvalue weighted by Crippen LogP contribution is -2.33. The summed E-state index contributed by atoms with van der Waals surface area (Å²) >= 11 is 0.932. The van der Waals surface area contributed by atoms with Crippen molar-refractivity contribution in [3.63, 3.8) is 0 Å². The number of halogens is 1. The van der Waals surface area contributed by atoms with Gasteiger partial charge in [-0.3, -0.25) is 14.5 Å². The van der Waals surface area contributed by atoms with Crippen LogP contribution >= 0.6 is 11.8 Å². The molecule has 158 valence electrons. The first kappa shape index (κ1) is 22.0. The Bertz CT molecular complexity index is 1100. The average Bonchev–Trinajstić information content (AvgIpc) is 2.97. The van der Waals surface area contributed by atoms with Crippen LogP contribution in [0.25, 0.3) is 0 Å². The highest BCUT2D eigenvalue weighted by Crippen LogP contribution is 2.31. The van der Waals surface area contributed by atoms with E-state index in [1.54, 1.807) is 19.1 Å². The van der Waals surface area contributed by atoms with Crippen LogP contribution in [0.3, 0.4) is 0 Å². The first-order chi connectivity index (χ1) is 14.2. The number of hydrogen-bond donors (Lipinski definition) is 1. The van der Waals surface area contributed by atoms with Crippen LogP contribution in [0.2, 0.25) is 0 Å². The van der Waals surface area contributed by atoms with Gasteiger partial charge < -0.3 is 5.32 Å². The molecule has 1 fully saturated rings. The van der Waals surface area contributed by atoms with Crippen LogP contribution in [0.1, 0.15) is 18.9 Å². The van der Waals surface area contributed by atoms with Gasteiger partial charge in [0.2, 0.25) is 11.8 Å². The first-order valence-electron chi connectivity index (χ1n) is 9.15. The molecular weight excluding hydrogens is 429 g/mol. The van der Waals surface area contributed by atoms with Crippen molar-refractivity contribution in [3.8, 4) is 0 Å². The smallest absolute Gasteiger partial charge is 0.284 e. The number of amides is 2. The van der Waals surface area contributed by atoms with Gasteiger partial charge in [-0.25, -0.2) is 4.39 Å². The lowest BCUT2D eigenvalue weighted by atomic mass is 10.2. The SMILES string of the molecule is CCN1C(=O)C(CC(=O)Nc2ccccc2C)SC1=NS(=O)(=O)c1ccc(F)cc1. The lowest BCUT2D eigenvalue weighted by molar-refractivity contribution is -0.128. The number of rotatable bonds is 6. The van der Waals surface area contributed by atoms with E-state index >= 15 is 0 Å². The summed E-state index contributed by atoms with van der Waals surface area (Å²) in [4.78, 5) is 26.1. The van der Waals surface area contributed by atoms with Gasteiger partial charge in [0.15, 0.2) is 5.17 Å². The Morgan fingerprint density at radius 3 is 2.50 bits per heavy atom. The quantitative estimate of drug-likeness (QED) is 0.731. The highest BCUT2D eigenvalue weighted by molar-refractivity contribution is 8.16. The molecule has 3 rings (SSSR count). The highest BCUT2D eigenvalue weighted by atomic mass is 32.2. The zero-order valence-corrected chi connectivity index (χ0v) is 18.0. The minimum atomic E-state index is -4.13. The molecule has 0 bridgehead atoms. The second-order valence-electron chi connectivity index (χ2n) is 6.56. The maximum absolute atomic E-state index is 13.1. The summed E-state index contributed by atoms with van der Waals surface area (Å²) in [6.45, 7) is 3.75. The number of carbonyl (C=O) groups excluding carboxylic acids is 2. The number of anilines is 1. The lowest BCUT2D eigenvalue weighted by Gasteiger charge is -2.13. The molecule has 0 radical (unpaired) electrons. The molecule has 1 aliphatic rings. The Kier molecular flexibility index (Phi) is 6.57. The normalized spacial score (nSPS) is 18.1. The molecule has 2 aromatic carbocycles. The van der Waals surface area contributed by atoms with Crippen LogP contribution in [-0.2, 0) is 19.6 Å². The third-order valence-electron chi connectivity index (χ3n) is 4.44. The largest absolute Gasteiger partial charge is 0.326 e. The number of thioether (sulfide) groups is 1. The van der Waals surface area contributed by atoms with Crippen molar-refractivity contribution in [2.24, 2.45) is 4.40 Å². The van der Waals surface area contributed by atoms with E-state index in [1.807, 2.05) is 19.1 Å². The molecule has 0 spiro atoms. The van der Waals surface area contributed by atoms with Gasteiger partial charge in [-0.05, 0) is 49.7 Å². The maximum atomic E-state index is 13.1. The van der Waals surface area contributed by atoms with Crippen LogP contribution < -0.4 is 5.32 Å². The molecule has 30 heavy (non-hydrogen) atoms. The number of hydrogen-bond acceptors (Lipinski definition) is 5. The fourth-order valence-corrected chi connectivity index (χ4v) is 5.26. The molecule has 1 saturated heterocycles. The summed E-state index contributed by atoms with van der Waals surface area (Å²) in [5.41, 5.74) is 1.54. The predicted octanol–water partition coefficient (Wildman–Crippen LogP) is 3.17. The minimum absolute atomic E-state index is 0.000478. The number of nitrogens with one attached hydrogen (secondary N) is 1. The zero-order valence-electron chi connectivity index (χ0n) is 16.3. The Labute approximate surface area is 178 Å². The Morgan fingerprint density at radius 1 is 1.20 bits per heavy atom. The van der Waals surface area contributed by atoms with Gasteiger partial charge in [0.25, 0.3) is 10.0 Å². The molecular formula is C20H20FN3O4S2. The van der Waals surface area contributed by atoms with Crippen LogP contribution in [0.4, 0.5) is 10.1 Å². The van der Waals surface area contributed by atoms with E-state index in [0.29, 0.717) is 5.69 Å². The summed E-state index contributed by atoms with van der Waals surface area (Å²) in [5.74, 6) is -1.30. The van der Waals surface area contributed by atoms with Gasteiger partial charge in [0.1, 0.15) is 11.1 Å². The van der Waals surface area contributed by atoms with Crippen LogP contribution in [0.15, 0.2) is 57.8 Å². The predicted molar refractivity (Wildman–Crippen MR) is 114 cm³/mol. The summed E-state index contributed by atoms with van der Waals surface area (Å²) in [6.07, 6.45) is -0.121. The molecule has 1 unspecified atom stereocenters. The van der Waals surface area contributed by atoms with E-state index in [1.165, 1.54) is 4.90 Å². The molecule has 1 N–H and O–H groups in total. The average molecular weight is 450 g/mol. The fourth-order valence-electron chi connectivity index (χ4n) is 2.85. The van der Waals surface area contributed by atoms with Gasteiger partial charge in [-0.15, -0.1) is 4.40 Å². The number of carbonyl (C=O) groups is 2. The van der Waals surface area contributed by atoms with Crippen LogP contribution in [-0.4, -0.2) is 42.1 Å². The van der Waals surface area contributed by atoms with Crippen molar-refractivity contribution in [3.05, 3.63) is 59.9 Å². The van der Waals surface area contributed by atoms with Crippen molar-refractivity contribution in [1.29, 1.82) is 0 Å². The van der Waals surface area contributed by atoms with E-state index in [2.05, 4.69) is 9.71 Å². The molecule has 0 aliphatic carbocycles. The topological polar surface area (TPSA) is 95.9 Å². The molecule has 1 atom stereocenters. The molecule has 0 saturated carbocycles. The number of sulfonamides is 1. The first-order valence-corrected chi connectivity index (χ1v) is 11.5.